The Labute approximate surface area is 243 Å². The van der Waals surface area contributed by atoms with Crippen LogP contribution in [0, 0.1) is 30.3 Å². The van der Waals surface area contributed by atoms with Crippen LogP contribution in [-0.2, 0) is 12.1 Å². The van der Waals surface area contributed by atoms with Crippen LogP contribution >= 0.6 is 0 Å². The maximum atomic E-state index is 15.5. The molecule has 0 unspecified atom stereocenters. The number of nitrogens with one attached hydrogen (secondary N) is 2. The van der Waals surface area contributed by atoms with Crippen molar-refractivity contribution in [3.05, 3.63) is 94.3 Å². The molecule has 3 aromatic carbocycles. The van der Waals surface area contributed by atoms with Gasteiger partial charge in [-0.3, -0.25) is 4.79 Å². The Kier molecular flexibility index (Phi) is 9.90. The fraction of sp³-hybridized carbons (Fsp3) is 0.375. The summed E-state index contributed by atoms with van der Waals surface area (Å²) >= 11 is 0. The number of aliphatic hydroxyl groups is 1. The standard InChI is InChI=1S/C32H36F3N3O4/c1-20-14-22(17-24(33)15-20)29-26(7-3-8-27(29)34)32(42,11-5-12-37-31(40)41)23-6-4-13-38(19-23)30(39)25-10-9-21(18-36-2)16-28(25)35/h3,7-10,14-17,23,36-37,42H,4-6,11-13,18-19H2,1-2H3,(H,40,41)/t23-,32+/m1/s1. The van der Waals surface area contributed by atoms with Crippen LogP contribution in [0.5, 0.6) is 0 Å². The van der Waals surface area contributed by atoms with Crippen LogP contribution in [0.2, 0.25) is 0 Å². The zero-order valence-electron chi connectivity index (χ0n) is 23.7. The van der Waals surface area contributed by atoms with Gasteiger partial charge >= 0.3 is 6.09 Å². The van der Waals surface area contributed by atoms with Crippen LogP contribution in [0.15, 0.2) is 54.6 Å². The van der Waals surface area contributed by atoms with Gasteiger partial charge in [0.15, 0.2) is 0 Å². The molecule has 1 fully saturated rings. The topological polar surface area (TPSA) is 102 Å². The number of rotatable bonds is 10. The van der Waals surface area contributed by atoms with E-state index in [9.17, 15) is 23.5 Å². The fourth-order valence-corrected chi connectivity index (χ4v) is 5.94. The molecule has 1 heterocycles. The molecule has 0 aliphatic carbocycles. The van der Waals surface area contributed by atoms with E-state index in [1.54, 1.807) is 32.2 Å². The third-order valence-corrected chi connectivity index (χ3v) is 7.85. The Balaban J connectivity index is 1.72. The predicted octanol–water partition coefficient (Wildman–Crippen LogP) is 5.59. The summed E-state index contributed by atoms with van der Waals surface area (Å²) in [6, 6.07) is 12.9. The number of amides is 2. The van der Waals surface area contributed by atoms with Crippen LogP contribution in [0.3, 0.4) is 0 Å². The van der Waals surface area contributed by atoms with Crippen LogP contribution in [0.1, 0.15) is 52.7 Å². The molecule has 0 radical (unpaired) electrons. The van der Waals surface area contributed by atoms with Gasteiger partial charge in [0.05, 0.1) is 11.2 Å². The number of likely N-dealkylation sites (tertiary alicyclic amines) is 1. The first kappa shape index (κ1) is 31.1. The Morgan fingerprint density at radius 2 is 1.86 bits per heavy atom. The molecule has 0 bridgehead atoms. The van der Waals surface area contributed by atoms with Crippen LogP contribution in [-0.4, -0.2) is 53.8 Å². The van der Waals surface area contributed by atoms with E-state index in [1.807, 2.05) is 0 Å². The maximum Gasteiger partial charge on any atom is 0.404 e. The van der Waals surface area contributed by atoms with Crippen molar-refractivity contribution in [2.75, 3.05) is 26.7 Å². The Morgan fingerprint density at radius 1 is 1.07 bits per heavy atom. The average Bonchev–Trinajstić information content (AvgIpc) is 2.94. The molecule has 42 heavy (non-hydrogen) atoms. The number of carboxylic acid groups (broad SMARTS) is 1. The largest absolute Gasteiger partial charge is 0.465 e. The van der Waals surface area contributed by atoms with Gasteiger partial charge in [-0.15, -0.1) is 0 Å². The van der Waals surface area contributed by atoms with Crippen LogP contribution in [0.4, 0.5) is 18.0 Å². The van der Waals surface area contributed by atoms with Gasteiger partial charge in [-0.05, 0) is 92.2 Å². The molecular weight excluding hydrogens is 547 g/mol. The molecule has 0 spiro atoms. The zero-order chi connectivity index (χ0) is 30.4. The summed E-state index contributed by atoms with van der Waals surface area (Å²) < 4.78 is 44.9. The molecule has 3 aromatic rings. The second-order valence-corrected chi connectivity index (χ2v) is 10.9. The number of carbonyl (C=O) groups excluding carboxylic acids is 1. The number of hydrogen-bond acceptors (Lipinski definition) is 4. The molecule has 10 heteroatoms. The van der Waals surface area contributed by atoms with Gasteiger partial charge in [0, 0.05) is 37.7 Å². The van der Waals surface area contributed by atoms with Gasteiger partial charge in [0.1, 0.15) is 17.5 Å². The molecule has 0 saturated carbocycles. The molecule has 1 aliphatic rings. The van der Waals surface area contributed by atoms with E-state index in [2.05, 4.69) is 10.6 Å². The number of nitrogens with zero attached hydrogens (tertiary/aromatic N) is 1. The molecule has 4 rings (SSSR count). The number of aryl methyl sites for hydroxylation is 1. The van der Waals surface area contributed by atoms with Crippen LogP contribution < -0.4 is 10.6 Å². The third-order valence-electron chi connectivity index (χ3n) is 7.85. The van der Waals surface area contributed by atoms with Crippen molar-refractivity contribution in [2.24, 2.45) is 5.92 Å². The number of halogens is 3. The third kappa shape index (κ3) is 6.94. The molecule has 7 nitrogen and oxygen atoms in total. The van der Waals surface area contributed by atoms with Crippen molar-refractivity contribution in [3.8, 4) is 11.1 Å². The fourth-order valence-electron chi connectivity index (χ4n) is 5.94. The summed E-state index contributed by atoms with van der Waals surface area (Å²) in [5.41, 5.74) is 0.00493. The lowest BCUT2D eigenvalue weighted by molar-refractivity contribution is -0.0565. The van der Waals surface area contributed by atoms with Gasteiger partial charge in [0.2, 0.25) is 0 Å². The molecule has 2 atom stereocenters. The normalized spacial score (nSPS) is 16.6. The highest BCUT2D eigenvalue weighted by atomic mass is 19.1. The summed E-state index contributed by atoms with van der Waals surface area (Å²) in [6.45, 7) is 2.59. The second-order valence-electron chi connectivity index (χ2n) is 10.9. The van der Waals surface area contributed by atoms with Gasteiger partial charge in [0.25, 0.3) is 5.91 Å². The molecular formula is C32H36F3N3O4. The van der Waals surface area contributed by atoms with Gasteiger partial charge < -0.3 is 25.7 Å². The first-order valence-electron chi connectivity index (χ1n) is 14.0. The first-order chi connectivity index (χ1) is 20.0. The molecule has 4 N–H and O–H groups in total. The highest BCUT2D eigenvalue weighted by molar-refractivity contribution is 5.94. The van der Waals surface area contributed by atoms with Gasteiger partial charge in [-0.1, -0.05) is 24.3 Å². The average molecular weight is 584 g/mol. The van der Waals surface area contributed by atoms with E-state index >= 15 is 4.39 Å². The minimum absolute atomic E-state index is 0.0395. The van der Waals surface area contributed by atoms with Crippen molar-refractivity contribution in [1.29, 1.82) is 0 Å². The Bertz CT molecular complexity index is 1430. The summed E-state index contributed by atoms with van der Waals surface area (Å²) in [5, 5.41) is 26.7. The molecule has 2 amide bonds. The smallest absolute Gasteiger partial charge is 0.404 e. The monoisotopic (exact) mass is 583 g/mol. The van der Waals surface area contributed by atoms with Crippen molar-refractivity contribution in [2.45, 2.75) is 44.8 Å². The van der Waals surface area contributed by atoms with Crippen molar-refractivity contribution in [3.63, 3.8) is 0 Å². The van der Waals surface area contributed by atoms with Crippen molar-refractivity contribution < 1.29 is 33.0 Å². The number of carbonyl (C=O) groups is 2. The molecule has 1 aliphatic heterocycles. The van der Waals surface area contributed by atoms with Gasteiger partial charge in [-0.25, -0.2) is 18.0 Å². The number of hydrogen-bond donors (Lipinski definition) is 4. The molecule has 0 aromatic heterocycles. The van der Waals surface area contributed by atoms with E-state index in [1.165, 1.54) is 41.3 Å². The van der Waals surface area contributed by atoms with Gasteiger partial charge in [-0.2, -0.15) is 0 Å². The minimum atomic E-state index is -1.72. The zero-order valence-corrected chi connectivity index (χ0v) is 23.7. The molecule has 224 valence electrons. The molecule has 1 saturated heterocycles. The number of benzene rings is 3. The van der Waals surface area contributed by atoms with E-state index in [0.717, 1.165) is 0 Å². The second kappa shape index (κ2) is 13.4. The van der Waals surface area contributed by atoms with E-state index < -0.39 is 41.0 Å². The Hall–Kier alpha value is -3.89. The SMILES string of the molecule is CNCc1ccc(C(=O)N2CCC[C@@H]([C@@](O)(CCCNC(=O)O)c3cccc(F)c3-c3cc(C)cc(F)c3)C2)c(F)c1. The summed E-state index contributed by atoms with van der Waals surface area (Å²) in [5.74, 6) is -2.94. The maximum absolute atomic E-state index is 15.5. The van der Waals surface area contributed by atoms with Crippen LogP contribution in [0.25, 0.3) is 11.1 Å². The van der Waals surface area contributed by atoms with E-state index in [0.29, 0.717) is 37.1 Å². The summed E-state index contributed by atoms with van der Waals surface area (Å²) in [4.78, 5) is 26.0. The van der Waals surface area contributed by atoms with Crippen molar-refractivity contribution >= 4 is 12.0 Å². The summed E-state index contributed by atoms with van der Waals surface area (Å²) in [6.07, 6.45) is 0.0337. The number of piperidine rings is 1. The minimum Gasteiger partial charge on any atom is -0.465 e. The predicted molar refractivity (Wildman–Crippen MR) is 153 cm³/mol. The first-order valence-corrected chi connectivity index (χ1v) is 14.0. The highest BCUT2D eigenvalue weighted by Crippen LogP contribution is 2.44. The van der Waals surface area contributed by atoms with E-state index in [4.69, 9.17) is 5.11 Å². The lowest BCUT2D eigenvalue weighted by Crippen LogP contribution is -2.48. The quantitative estimate of drug-likeness (QED) is 0.233. The summed E-state index contributed by atoms with van der Waals surface area (Å²) in [7, 11) is 1.74. The highest BCUT2D eigenvalue weighted by Gasteiger charge is 2.43. The van der Waals surface area contributed by atoms with E-state index in [-0.39, 0.29) is 48.2 Å². The lowest BCUT2D eigenvalue weighted by atomic mass is 9.72. The van der Waals surface area contributed by atoms with Crippen molar-refractivity contribution in [1.82, 2.24) is 15.5 Å². The lowest BCUT2D eigenvalue weighted by Gasteiger charge is -2.43. The Morgan fingerprint density at radius 3 is 2.55 bits per heavy atom.